The summed E-state index contributed by atoms with van der Waals surface area (Å²) in [7, 11) is 3.11. The van der Waals surface area contributed by atoms with E-state index in [-0.39, 0.29) is 11.4 Å². The Morgan fingerprint density at radius 2 is 1.95 bits per heavy atom. The van der Waals surface area contributed by atoms with Crippen LogP contribution in [0.25, 0.3) is 11.3 Å². The smallest absolute Gasteiger partial charge is 0.259 e. The zero-order valence-electron chi connectivity index (χ0n) is 11.2. The second-order valence-corrected chi connectivity index (χ2v) is 4.09. The number of aromatic amines is 1. The highest BCUT2D eigenvalue weighted by molar-refractivity contribution is 5.94. The number of pyridine rings is 1. The van der Waals surface area contributed by atoms with Crippen LogP contribution in [0, 0.1) is 5.41 Å². The Morgan fingerprint density at radius 1 is 1.20 bits per heavy atom. The van der Waals surface area contributed by atoms with E-state index in [4.69, 9.17) is 20.6 Å². The highest BCUT2D eigenvalue weighted by Crippen LogP contribution is 2.31. The Balaban J connectivity index is 2.59. The van der Waals surface area contributed by atoms with Crippen LogP contribution in [0.4, 0.5) is 0 Å². The summed E-state index contributed by atoms with van der Waals surface area (Å²) in [4.78, 5) is 14.5. The van der Waals surface area contributed by atoms with Crippen LogP contribution in [0.15, 0.2) is 35.1 Å². The molecule has 0 unspecified atom stereocenters. The third kappa shape index (κ3) is 2.49. The molecule has 4 N–H and O–H groups in total. The maximum atomic E-state index is 11.9. The van der Waals surface area contributed by atoms with E-state index in [0.717, 1.165) is 0 Å². The number of nitrogens with one attached hydrogen (secondary N) is 2. The molecule has 0 aliphatic heterocycles. The Bertz CT molecular complexity index is 707. The second-order valence-electron chi connectivity index (χ2n) is 4.09. The van der Waals surface area contributed by atoms with Gasteiger partial charge in [-0.15, -0.1) is 0 Å². The van der Waals surface area contributed by atoms with E-state index in [1.165, 1.54) is 6.07 Å². The minimum Gasteiger partial charge on any atom is -0.497 e. The molecule has 2 aromatic rings. The fourth-order valence-corrected chi connectivity index (χ4v) is 1.87. The van der Waals surface area contributed by atoms with Crippen LogP contribution < -0.4 is 20.8 Å². The maximum Gasteiger partial charge on any atom is 0.259 e. The number of ether oxygens (including phenoxy) is 2. The summed E-state index contributed by atoms with van der Waals surface area (Å²) in [5.74, 6) is 0.990. The number of H-pyrrole nitrogens is 1. The summed E-state index contributed by atoms with van der Waals surface area (Å²) in [6, 6.07) is 8.47. The van der Waals surface area contributed by atoms with E-state index in [1.54, 1.807) is 38.5 Å². The van der Waals surface area contributed by atoms with Gasteiger partial charge in [0.05, 0.1) is 25.5 Å². The molecule has 0 aliphatic rings. The first-order chi connectivity index (χ1) is 9.56. The van der Waals surface area contributed by atoms with Gasteiger partial charge in [0.25, 0.3) is 5.56 Å². The molecule has 104 valence electrons. The Kier molecular flexibility index (Phi) is 3.74. The molecule has 6 nitrogen and oxygen atoms in total. The molecule has 0 amide bonds. The molecule has 0 spiro atoms. The lowest BCUT2D eigenvalue weighted by atomic mass is 10.1. The van der Waals surface area contributed by atoms with E-state index in [0.29, 0.717) is 22.8 Å². The van der Waals surface area contributed by atoms with Crippen molar-refractivity contribution in [1.29, 1.82) is 5.41 Å². The standard InChI is InChI=1S/C14H15N3O3/c1-19-8-3-6-12(20-2)10(7-8)11-5-4-9(13(15)16)14(18)17-11/h3-7H,1-2H3,(H3,15,16)(H,17,18). The average molecular weight is 273 g/mol. The fraction of sp³-hybridized carbons (Fsp3) is 0.143. The van der Waals surface area contributed by atoms with Crippen molar-refractivity contribution in [2.24, 2.45) is 5.73 Å². The lowest BCUT2D eigenvalue weighted by Crippen LogP contribution is -2.23. The van der Waals surface area contributed by atoms with Crippen LogP contribution in [0.5, 0.6) is 11.5 Å². The summed E-state index contributed by atoms with van der Waals surface area (Å²) < 4.78 is 10.4. The Hall–Kier alpha value is -2.76. The molecule has 0 atom stereocenters. The molecule has 2 rings (SSSR count). The molecular formula is C14H15N3O3. The third-order valence-corrected chi connectivity index (χ3v) is 2.90. The number of methoxy groups -OCH3 is 2. The largest absolute Gasteiger partial charge is 0.497 e. The fourth-order valence-electron chi connectivity index (χ4n) is 1.87. The first kappa shape index (κ1) is 13.7. The van der Waals surface area contributed by atoms with Crippen LogP contribution in [-0.4, -0.2) is 25.0 Å². The van der Waals surface area contributed by atoms with Crippen molar-refractivity contribution >= 4 is 5.84 Å². The van der Waals surface area contributed by atoms with Crippen molar-refractivity contribution in [3.05, 3.63) is 46.2 Å². The van der Waals surface area contributed by atoms with Crippen LogP contribution >= 0.6 is 0 Å². The van der Waals surface area contributed by atoms with Gasteiger partial charge >= 0.3 is 0 Å². The molecular weight excluding hydrogens is 258 g/mol. The molecule has 0 aliphatic carbocycles. The number of rotatable bonds is 4. The predicted molar refractivity (Wildman–Crippen MR) is 76.6 cm³/mol. The van der Waals surface area contributed by atoms with Gasteiger partial charge in [-0.05, 0) is 30.3 Å². The number of hydrogen-bond acceptors (Lipinski definition) is 4. The number of aromatic nitrogens is 1. The maximum absolute atomic E-state index is 11.9. The van der Waals surface area contributed by atoms with Crippen LogP contribution in [0.3, 0.4) is 0 Å². The van der Waals surface area contributed by atoms with Crippen molar-refractivity contribution in [1.82, 2.24) is 4.98 Å². The van der Waals surface area contributed by atoms with Crippen molar-refractivity contribution in [2.45, 2.75) is 0 Å². The van der Waals surface area contributed by atoms with Crippen molar-refractivity contribution in [2.75, 3.05) is 14.2 Å². The van der Waals surface area contributed by atoms with Crippen molar-refractivity contribution in [3.63, 3.8) is 0 Å². The van der Waals surface area contributed by atoms with E-state index >= 15 is 0 Å². The van der Waals surface area contributed by atoms with Gasteiger partial charge < -0.3 is 20.2 Å². The molecule has 0 saturated heterocycles. The molecule has 1 aromatic heterocycles. The average Bonchev–Trinajstić information content (AvgIpc) is 2.46. The molecule has 20 heavy (non-hydrogen) atoms. The molecule has 0 radical (unpaired) electrons. The lowest BCUT2D eigenvalue weighted by Gasteiger charge is -2.10. The van der Waals surface area contributed by atoms with Crippen LogP contribution in [0.1, 0.15) is 5.56 Å². The highest BCUT2D eigenvalue weighted by Gasteiger charge is 2.10. The summed E-state index contributed by atoms with van der Waals surface area (Å²) in [6.45, 7) is 0. The first-order valence-electron chi connectivity index (χ1n) is 5.87. The lowest BCUT2D eigenvalue weighted by molar-refractivity contribution is 0.404. The van der Waals surface area contributed by atoms with Crippen LogP contribution in [-0.2, 0) is 0 Å². The second kappa shape index (κ2) is 5.48. The number of nitrogen functional groups attached to an aromatic ring is 1. The number of benzene rings is 1. The van der Waals surface area contributed by atoms with Gasteiger partial charge in [-0.25, -0.2) is 0 Å². The van der Waals surface area contributed by atoms with Gasteiger partial charge in [-0.2, -0.15) is 0 Å². The van der Waals surface area contributed by atoms with E-state index < -0.39 is 5.56 Å². The van der Waals surface area contributed by atoms with Crippen LogP contribution in [0.2, 0.25) is 0 Å². The normalized spacial score (nSPS) is 10.1. The molecule has 6 heteroatoms. The summed E-state index contributed by atoms with van der Waals surface area (Å²) >= 11 is 0. The molecule has 0 fully saturated rings. The quantitative estimate of drug-likeness (QED) is 0.578. The van der Waals surface area contributed by atoms with E-state index in [9.17, 15) is 4.79 Å². The Morgan fingerprint density at radius 3 is 2.50 bits per heavy atom. The summed E-state index contributed by atoms with van der Waals surface area (Å²) in [5, 5.41) is 7.31. The zero-order chi connectivity index (χ0) is 14.7. The number of nitrogens with two attached hydrogens (primary N) is 1. The molecule has 1 heterocycles. The topological polar surface area (TPSA) is 101 Å². The molecule has 1 aromatic carbocycles. The van der Waals surface area contributed by atoms with Crippen molar-refractivity contribution < 1.29 is 9.47 Å². The van der Waals surface area contributed by atoms with E-state index in [1.807, 2.05) is 0 Å². The predicted octanol–water partition coefficient (Wildman–Crippen LogP) is 1.34. The van der Waals surface area contributed by atoms with E-state index in [2.05, 4.69) is 4.98 Å². The highest BCUT2D eigenvalue weighted by atomic mass is 16.5. The monoisotopic (exact) mass is 273 g/mol. The first-order valence-corrected chi connectivity index (χ1v) is 5.87. The van der Waals surface area contributed by atoms with Gasteiger partial charge in [-0.3, -0.25) is 10.2 Å². The van der Waals surface area contributed by atoms with Gasteiger partial charge in [-0.1, -0.05) is 0 Å². The van der Waals surface area contributed by atoms with Gasteiger partial charge in [0.1, 0.15) is 17.3 Å². The van der Waals surface area contributed by atoms with Gasteiger partial charge in [0.15, 0.2) is 0 Å². The van der Waals surface area contributed by atoms with Gasteiger partial charge in [0, 0.05) is 5.56 Å². The minimum atomic E-state index is -0.417. The molecule has 0 bridgehead atoms. The zero-order valence-corrected chi connectivity index (χ0v) is 11.2. The van der Waals surface area contributed by atoms with Crippen molar-refractivity contribution in [3.8, 4) is 22.8 Å². The number of hydrogen-bond donors (Lipinski definition) is 3. The molecule has 0 saturated carbocycles. The number of amidine groups is 1. The minimum absolute atomic E-state index is 0.135. The summed E-state index contributed by atoms with van der Waals surface area (Å²) in [6.07, 6.45) is 0. The third-order valence-electron chi connectivity index (χ3n) is 2.90. The summed E-state index contributed by atoms with van der Waals surface area (Å²) in [5.41, 5.74) is 6.30. The van der Waals surface area contributed by atoms with Gasteiger partial charge in [0.2, 0.25) is 0 Å². The Labute approximate surface area is 115 Å². The SMILES string of the molecule is COc1ccc(OC)c(-c2ccc(C(=N)N)c(=O)[nH]2)c1.